The van der Waals surface area contributed by atoms with Gasteiger partial charge in [-0.2, -0.15) is 5.10 Å². The lowest BCUT2D eigenvalue weighted by molar-refractivity contribution is 0.153. The number of carbonyl (C=O) groups excluding carboxylic acids is 1. The van der Waals surface area contributed by atoms with Crippen LogP contribution in [0.3, 0.4) is 0 Å². The molecule has 0 bridgehead atoms. The summed E-state index contributed by atoms with van der Waals surface area (Å²) in [5.41, 5.74) is 0.570. The highest BCUT2D eigenvalue weighted by Crippen LogP contribution is 2.41. The second-order valence-corrected chi connectivity index (χ2v) is 7.17. The normalized spacial score (nSPS) is 11.6. The molecular formula is C10H8Cl3FN2O2S. The Balaban J connectivity index is 2.82. The summed E-state index contributed by atoms with van der Waals surface area (Å²) in [6.45, 7) is 0. The van der Waals surface area contributed by atoms with Gasteiger partial charge in [-0.3, -0.25) is 0 Å². The van der Waals surface area contributed by atoms with Crippen LogP contribution in [0.2, 0.25) is 0 Å². The van der Waals surface area contributed by atoms with Gasteiger partial charge in [-0.05, 0) is 17.7 Å². The third-order valence-electron chi connectivity index (χ3n) is 1.70. The summed E-state index contributed by atoms with van der Waals surface area (Å²) < 4.78 is 16.2. The molecule has 0 unspecified atom stereocenters. The van der Waals surface area contributed by atoms with Gasteiger partial charge < -0.3 is 4.74 Å². The molecule has 104 valence electrons. The molecule has 0 heterocycles. The Kier molecular flexibility index (Phi) is 6.19. The lowest BCUT2D eigenvalue weighted by Crippen LogP contribution is -2.22. The van der Waals surface area contributed by atoms with Gasteiger partial charge in [0.05, 0.1) is 13.3 Å². The second-order valence-electron chi connectivity index (χ2n) is 3.08. The average Bonchev–Trinajstić information content (AvgIpc) is 2.34. The fourth-order valence-corrected chi connectivity index (χ4v) is 1.98. The first kappa shape index (κ1) is 16.4. The summed E-state index contributed by atoms with van der Waals surface area (Å²) in [5, 5.41) is 3.80. The maximum atomic E-state index is 12.7. The maximum Gasteiger partial charge on any atom is 0.440 e. The Morgan fingerprint density at radius 3 is 2.47 bits per heavy atom. The first-order valence-electron chi connectivity index (χ1n) is 4.75. The van der Waals surface area contributed by atoms with Crippen molar-refractivity contribution in [2.45, 2.75) is 3.12 Å². The summed E-state index contributed by atoms with van der Waals surface area (Å²) in [5.74, 6) is -0.377. The van der Waals surface area contributed by atoms with Crippen molar-refractivity contribution in [3.63, 3.8) is 0 Å². The molecule has 0 N–H and O–H groups in total. The Morgan fingerprint density at radius 1 is 1.42 bits per heavy atom. The van der Waals surface area contributed by atoms with Crippen molar-refractivity contribution >= 4 is 59.1 Å². The molecule has 1 amide bonds. The highest BCUT2D eigenvalue weighted by atomic mass is 35.6. The van der Waals surface area contributed by atoms with E-state index in [9.17, 15) is 9.18 Å². The lowest BCUT2D eigenvalue weighted by atomic mass is 10.2. The monoisotopic (exact) mass is 344 g/mol. The molecule has 9 heteroatoms. The standard InChI is InChI=1S/C10H8Cl3FN2O2S/c1-18-9(17)16(19-10(11,12)13)15-6-7-2-4-8(14)5-3-7/h2-6H,1H3. The minimum atomic E-state index is -1.77. The van der Waals surface area contributed by atoms with Crippen molar-refractivity contribution < 1.29 is 13.9 Å². The van der Waals surface area contributed by atoms with Gasteiger partial charge in [-0.1, -0.05) is 46.9 Å². The number of ether oxygens (including phenoxy) is 1. The predicted molar refractivity (Wildman–Crippen MR) is 76.1 cm³/mol. The van der Waals surface area contributed by atoms with Gasteiger partial charge in [0.1, 0.15) is 5.82 Å². The minimum absolute atomic E-state index is 0.377. The van der Waals surface area contributed by atoms with Crippen LogP contribution in [0.5, 0.6) is 0 Å². The Bertz CT molecular complexity index is 465. The molecule has 0 fully saturated rings. The molecule has 1 rings (SSSR count). The van der Waals surface area contributed by atoms with Gasteiger partial charge in [0.15, 0.2) is 0 Å². The molecule has 19 heavy (non-hydrogen) atoms. The number of hydrogen-bond acceptors (Lipinski definition) is 4. The van der Waals surface area contributed by atoms with Crippen LogP contribution in [0.4, 0.5) is 9.18 Å². The largest absolute Gasteiger partial charge is 0.451 e. The van der Waals surface area contributed by atoms with E-state index < -0.39 is 9.22 Å². The van der Waals surface area contributed by atoms with Gasteiger partial charge in [-0.25, -0.2) is 9.18 Å². The number of rotatable bonds is 3. The molecule has 1 aromatic rings. The van der Waals surface area contributed by atoms with Crippen LogP contribution in [-0.4, -0.2) is 27.0 Å². The number of halogens is 4. The van der Waals surface area contributed by atoms with Crippen LogP contribution < -0.4 is 0 Å². The second kappa shape index (κ2) is 7.19. The first-order valence-corrected chi connectivity index (χ1v) is 6.66. The third kappa shape index (κ3) is 6.33. The van der Waals surface area contributed by atoms with E-state index in [0.717, 1.165) is 4.41 Å². The molecule has 1 aromatic carbocycles. The van der Waals surface area contributed by atoms with Gasteiger partial charge in [-0.15, -0.1) is 4.41 Å². The highest BCUT2D eigenvalue weighted by molar-refractivity contribution is 8.03. The van der Waals surface area contributed by atoms with Crippen molar-refractivity contribution in [1.82, 2.24) is 4.41 Å². The number of hydrogen-bond donors (Lipinski definition) is 0. The molecule has 0 aliphatic carbocycles. The quantitative estimate of drug-likeness (QED) is 0.357. The number of carbonyl (C=O) groups is 1. The fraction of sp³-hybridized carbons (Fsp3) is 0.200. The Hall–Kier alpha value is -0.690. The number of methoxy groups -OCH3 is 1. The summed E-state index contributed by atoms with van der Waals surface area (Å²) in [7, 11) is 1.17. The molecule has 4 nitrogen and oxygen atoms in total. The zero-order valence-electron chi connectivity index (χ0n) is 9.52. The van der Waals surface area contributed by atoms with Crippen LogP contribution >= 0.6 is 46.8 Å². The van der Waals surface area contributed by atoms with E-state index in [0.29, 0.717) is 17.5 Å². The maximum absolute atomic E-state index is 12.7. The molecule has 0 saturated heterocycles. The van der Waals surface area contributed by atoms with E-state index in [1.54, 1.807) is 0 Å². The summed E-state index contributed by atoms with van der Waals surface area (Å²) in [6.07, 6.45) is 0.495. The molecule has 0 radical (unpaired) electrons. The van der Waals surface area contributed by atoms with E-state index >= 15 is 0 Å². The van der Waals surface area contributed by atoms with Crippen molar-refractivity contribution in [3.05, 3.63) is 35.6 Å². The molecular weight excluding hydrogens is 338 g/mol. The average molecular weight is 346 g/mol. The van der Waals surface area contributed by atoms with Gasteiger partial charge >= 0.3 is 6.09 Å². The number of hydrazone groups is 1. The van der Waals surface area contributed by atoms with E-state index in [2.05, 4.69) is 9.84 Å². The highest BCUT2D eigenvalue weighted by Gasteiger charge is 2.29. The molecule has 0 atom stereocenters. The number of nitrogens with zero attached hydrogens (tertiary/aromatic N) is 2. The smallest absolute Gasteiger partial charge is 0.440 e. The van der Waals surface area contributed by atoms with Crippen LogP contribution in [-0.2, 0) is 4.74 Å². The van der Waals surface area contributed by atoms with E-state index in [1.807, 2.05) is 0 Å². The zero-order chi connectivity index (χ0) is 14.5. The van der Waals surface area contributed by atoms with Crippen molar-refractivity contribution in [2.24, 2.45) is 5.10 Å². The minimum Gasteiger partial charge on any atom is -0.451 e. The van der Waals surface area contributed by atoms with Crippen molar-refractivity contribution in [1.29, 1.82) is 0 Å². The summed E-state index contributed by atoms with van der Waals surface area (Å²) >= 11 is 17.2. The fourth-order valence-electron chi connectivity index (χ4n) is 0.952. The predicted octanol–water partition coefficient (Wildman–Crippen LogP) is 4.20. The Morgan fingerprint density at radius 2 is 2.00 bits per heavy atom. The molecule has 0 spiro atoms. The van der Waals surface area contributed by atoms with Crippen LogP contribution in [0.25, 0.3) is 0 Å². The van der Waals surface area contributed by atoms with Crippen LogP contribution in [0.1, 0.15) is 5.56 Å². The number of amides is 1. The zero-order valence-corrected chi connectivity index (χ0v) is 12.6. The van der Waals surface area contributed by atoms with E-state index in [-0.39, 0.29) is 5.82 Å². The molecule has 0 aromatic heterocycles. The third-order valence-corrected chi connectivity index (χ3v) is 2.95. The van der Waals surface area contributed by atoms with Crippen LogP contribution in [0.15, 0.2) is 29.4 Å². The summed E-state index contributed by atoms with van der Waals surface area (Å²) in [6, 6.07) is 5.47. The number of benzene rings is 1. The molecule has 0 saturated carbocycles. The van der Waals surface area contributed by atoms with Gasteiger partial charge in [0.25, 0.3) is 3.12 Å². The van der Waals surface area contributed by atoms with Gasteiger partial charge in [0, 0.05) is 11.9 Å². The topological polar surface area (TPSA) is 41.9 Å². The number of alkyl halides is 3. The van der Waals surface area contributed by atoms with Crippen molar-refractivity contribution in [3.8, 4) is 0 Å². The lowest BCUT2D eigenvalue weighted by Gasteiger charge is -2.18. The van der Waals surface area contributed by atoms with E-state index in [4.69, 9.17) is 34.8 Å². The molecule has 0 aliphatic rings. The van der Waals surface area contributed by atoms with E-state index in [1.165, 1.54) is 37.6 Å². The first-order chi connectivity index (χ1) is 8.81. The van der Waals surface area contributed by atoms with Crippen LogP contribution in [0, 0.1) is 5.82 Å². The molecule has 0 aliphatic heterocycles. The van der Waals surface area contributed by atoms with Gasteiger partial charge in [0.2, 0.25) is 0 Å². The van der Waals surface area contributed by atoms with Crippen molar-refractivity contribution in [2.75, 3.05) is 7.11 Å². The summed E-state index contributed by atoms with van der Waals surface area (Å²) in [4.78, 5) is 11.4. The Labute approximate surface area is 128 Å². The SMILES string of the molecule is COC(=O)N(N=Cc1ccc(F)cc1)SC(Cl)(Cl)Cl.